The zero-order valence-electron chi connectivity index (χ0n) is 6.85. The molecule has 0 aliphatic rings. The normalized spacial score (nSPS) is 14.7. The summed E-state index contributed by atoms with van der Waals surface area (Å²) in [7, 11) is 0. The Hall–Kier alpha value is 0.460. The summed E-state index contributed by atoms with van der Waals surface area (Å²) in [6, 6.07) is 0. The van der Waals surface area contributed by atoms with Crippen LogP contribution in [-0.2, 0) is 0 Å². The van der Waals surface area contributed by atoms with Crippen molar-refractivity contribution < 1.29 is 22.0 Å². The van der Waals surface area contributed by atoms with Crippen molar-refractivity contribution in [1.29, 1.82) is 0 Å². The van der Waals surface area contributed by atoms with Gasteiger partial charge in [0.1, 0.15) is 0 Å². The molecule has 0 spiro atoms. The molecule has 0 atom stereocenters. The summed E-state index contributed by atoms with van der Waals surface area (Å²) in [6.07, 6.45) is 0. The number of hydrogen-bond donors (Lipinski definition) is 0. The molecule has 0 fully saturated rings. The van der Waals surface area contributed by atoms with Crippen LogP contribution in [0.15, 0.2) is 0 Å². The number of hydrogen-bond acceptors (Lipinski definition) is 0. The van der Waals surface area contributed by atoms with Gasteiger partial charge in [-0.05, 0) is 0 Å². The van der Waals surface area contributed by atoms with Gasteiger partial charge in [0.25, 0.3) is 0 Å². The second kappa shape index (κ2) is 3.99. The van der Waals surface area contributed by atoms with Crippen molar-refractivity contribution in [3.8, 4) is 0 Å². The van der Waals surface area contributed by atoms with Crippen LogP contribution in [0.5, 0.6) is 0 Å². The Morgan fingerprint density at radius 2 is 0.812 bits per heavy atom. The molecule has 0 saturated heterocycles. The SMILES string of the molecule is Fc1c(F)c(F)c(P(Cl)(Cl)(Cl)Cl)c(F)c1F. The zero-order valence-corrected chi connectivity index (χ0v) is 10.8. The third-order valence-electron chi connectivity index (χ3n) is 1.52. The number of benzene rings is 1. The molecule has 1 aromatic rings. The predicted molar refractivity (Wildman–Crippen MR) is 56.2 cm³/mol. The minimum absolute atomic E-state index is 1.62. The van der Waals surface area contributed by atoms with Gasteiger partial charge in [-0.3, -0.25) is 0 Å². The standard InChI is InChI=1S/C6Cl4F5P/c7-16(8,9,10)6-4(14)2(12)1(11)3(13)5(6)15. The van der Waals surface area contributed by atoms with Crippen molar-refractivity contribution in [2.24, 2.45) is 0 Å². The maximum absolute atomic E-state index is 13.1. The van der Waals surface area contributed by atoms with E-state index in [1.165, 1.54) is 0 Å². The molecular weight excluding hydrogens is 340 g/mol. The molecule has 16 heavy (non-hydrogen) atoms. The van der Waals surface area contributed by atoms with E-state index in [1.54, 1.807) is 0 Å². The van der Waals surface area contributed by atoms with E-state index in [9.17, 15) is 22.0 Å². The topological polar surface area (TPSA) is 0 Å². The molecule has 10 heteroatoms. The molecular formula is C6Cl4F5P. The summed E-state index contributed by atoms with van der Waals surface area (Å²) in [5.41, 5.74) is 0. The van der Waals surface area contributed by atoms with Crippen LogP contribution < -0.4 is 5.30 Å². The summed E-state index contributed by atoms with van der Waals surface area (Å²) in [6.45, 7) is 0. The maximum atomic E-state index is 13.1. The minimum atomic E-state index is -5.19. The summed E-state index contributed by atoms with van der Waals surface area (Å²) >= 11 is 20.8. The van der Waals surface area contributed by atoms with Crippen molar-refractivity contribution in [2.45, 2.75) is 0 Å². The van der Waals surface area contributed by atoms with Gasteiger partial charge in [-0.25, -0.2) is 0 Å². The fourth-order valence-corrected chi connectivity index (χ4v) is 3.46. The van der Waals surface area contributed by atoms with Crippen LogP contribution in [0.2, 0.25) is 0 Å². The van der Waals surface area contributed by atoms with Crippen molar-refractivity contribution in [3.05, 3.63) is 29.1 Å². The van der Waals surface area contributed by atoms with Crippen LogP contribution >= 0.6 is 49.0 Å². The van der Waals surface area contributed by atoms with E-state index in [0.717, 1.165) is 0 Å². The van der Waals surface area contributed by atoms with E-state index in [4.69, 9.17) is 45.0 Å². The fourth-order valence-electron chi connectivity index (χ4n) is 0.890. The molecule has 0 N–H and O–H groups in total. The van der Waals surface area contributed by atoms with Crippen LogP contribution in [0, 0.1) is 29.1 Å². The fraction of sp³-hybridized carbons (Fsp3) is 0. The Morgan fingerprint density at radius 3 is 1.06 bits per heavy atom. The van der Waals surface area contributed by atoms with Gasteiger partial charge in [0.15, 0.2) is 0 Å². The van der Waals surface area contributed by atoms with Crippen LogP contribution in [-0.4, -0.2) is 0 Å². The number of halogens is 9. The Labute approximate surface area is 105 Å². The van der Waals surface area contributed by atoms with E-state index in [2.05, 4.69) is 0 Å². The Kier molecular flexibility index (Phi) is 3.62. The van der Waals surface area contributed by atoms with Crippen LogP contribution in [0.25, 0.3) is 0 Å². The third kappa shape index (κ3) is 2.49. The molecule has 0 heterocycles. The molecule has 0 nitrogen and oxygen atoms in total. The summed E-state index contributed by atoms with van der Waals surface area (Å²) in [5.74, 6) is -11.3. The first-order chi connectivity index (χ1) is 6.93. The van der Waals surface area contributed by atoms with Gasteiger partial charge in [-0.1, -0.05) is 0 Å². The summed E-state index contributed by atoms with van der Waals surface area (Å²) < 4.78 is 59.1. The van der Waals surface area contributed by atoms with E-state index < -0.39 is 38.4 Å². The quantitative estimate of drug-likeness (QED) is 0.286. The van der Waals surface area contributed by atoms with Gasteiger partial charge in [-0.15, -0.1) is 0 Å². The van der Waals surface area contributed by atoms with Crippen molar-refractivity contribution in [2.75, 3.05) is 0 Å². The second-order valence-corrected chi connectivity index (χ2v) is 15.8. The third-order valence-corrected chi connectivity index (χ3v) is 4.62. The van der Waals surface area contributed by atoms with Crippen molar-refractivity contribution in [1.82, 2.24) is 0 Å². The molecule has 0 amide bonds. The Balaban J connectivity index is 3.80. The van der Waals surface area contributed by atoms with Crippen LogP contribution in [0.3, 0.4) is 0 Å². The van der Waals surface area contributed by atoms with Gasteiger partial charge >= 0.3 is 105 Å². The van der Waals surface area contributed by atoms with E-state index in [1.807, 2.05) is 0 Å². The van der Waals surface area contributed by atoms with Gasteiger partial charge in [-0.2, -0.15) is 0 Å². The van der Waals surface area contributed by atoms with Crippen molar-refractivity contribution in [3.63, 3.8) is 0 Å². The Morgan fingerprint density at radius 1 is 0.562 bits per heavy atom. The first-order valence-electron chi connectivity index (χ1n) is 3.34. The van der Waals surface area contributed by atoms with Gasteiger partial charge in [0, 0.05) is 0 Å². The van der Waals surface area contributed by atoms with E-state index in [0.29, 0.717) is 0 Å². The van der Waals surface area contributed by atoms with Gasteiger partial charge in [0.05, 0.1) is 0 Å². The zero-order chi connectivity index (χ0) is 12.9. The second-order valence-electron chi connectivity index (χ2n) is 2.64. The van der Waals surface area contributed by atoms with Gasteiger partial charge in [0.2, 0.25) is 0 Å². The van der Waals surface area contributed by atoms with E-state index in [-0.39, 0.29) is 0 Å². The molecule has 92 valence electrons. The molecule has 0 aromatic heterocycles. The molecule has 0 aliphatic carbocycles. The van der Waals surface area contributed by atoms with Crippen molar-refractivity contribution >= 4 is 54.3 Å². The molecule has 0 aliphatic heterocycles. The van der Waals surface area contributed by atoms with Crippen LogP contribution in [0.1, 0.15) is 0 Å². The van der Waals surface area contributed by atoms with Gasteiger partial charge < -0.3 is 0 Å². The Bertz CT molecular complexity index is 430. The monoisotopic (exact) mass is 338 g/mol. The summed E-state index contributed by atoms with van der Waals surface area (Å²) in [4.78, 5) is 0. The van der Waals surface area contributed by atoms with Crippen LogP contribution in [0.4, 0.5) is 22.0 Å². The van der Waals surface area contributed by atoms with E-state index >= 15 is 0 Å². The number of rotatable bonds is 1. The molecule has 1 rings (SSSR count). The molecule has 0 unspecified atom stereocenters. The first kappa shape index (κ1) is 14.5. The average molecular weight is 340 g/mol. The average Bonchev–Trinajstić information content (AvgIpc) is 2.08. The molecule has 0 saturated carbocycles. The molecule has 0 radical (unpaired) electrons. The summed E-state index contributed by atoms with van der Waals surface area (Å²) in [5, 5.41) is -1.62. The molecule has 0 bridgehead atoms. The molecule has 1 aromatic carbocycles. The predicted octanol–water partition coefficient (Wildman–Crippen LogP) is 5.18. The first-order valence-corrected chi connectivity index (χ1v) is 9.20.